The average Bonchev–Trinajstić information content (AvgIpc) is 2.64. The van der Waals surface area contributed by atoms with Crippen LogP contribution in [0.3, 0.4) is 0 Å². The van der Waals surface area contributed by atoms with Gasteiger partial charge in [0.1, 0.15) is 5.75 Å². The van der Waals surface area contributed by atoms with Gasteiger partial charge >= 0.3 is 0 Å². The fourth-order valence-electron chi connectivity index (χ4n) is 3.04. The van der Waals surface area contributed by atoms with Crippen LogP contribution in [0.15, 0.2) is 48.5 Å². The molecule has 2 aromatic carbocycles. The number of carbonyl (C=O) groups excluding carboxylic acids is 1. The van der Waals surface area contributed by atoms with Gasteiger partial charge in [-0.25, -0.2) is 0 Å². The largest absolute Gasteiger partial charge is 0.496 e. The van der Waals surface area contributed by atoms with Crippen molar-refractivity contribution < 1.29 is 9.53 Å². The maximum atomic E-state index is 12.7. The first-order valence-corrected chi connectivity index (χ1v) is 9.03. The molecular formula is C22H28O2. The third kappa shape index (κ3) is 4.95. The predicted octanol–water partition coefficient (Wildman–Crippen LogP) is 5.83. The van der Waals surface area contributed by atoms with Crippen LogP contribution in [-0.2, 0) is 6.42 Å². The molecule has 0 fully saturated rings. The molecule has 0 radical (unpaired) electrons. The first-order chi connectivity index (χ1) is 11.8. The van der Waals surface area contributed by atoms with E-state index in [1.165, 1.54) is 32.1 Å². The second kappa shape index (κ2) is 9.92. The van der Waals surface area contributed by atoms with Crippen LogP contribution in [0.1, 0.15) is 66.9 Å². The lowest BCUT2D eigenvalue weighted by Gasteiger charge is -2.13. The maximum Gasteiger partial charge on any atom is 0.196 e. The maximum absolute atomic E-state index is 12.7. The van der Waals surface area contributed by atoms with Crippen molar-refractivity contribution in [3.8, 4) is 5.75 Å². The Morgan fingerprint density at radius 3 is 2.29 bits per heavy atom. The van der Waals surface area contributed by atoms with E-state index < -0.39 is 0 Å². The van der Waals surface area contributed by atoms with Crippen LogP contribution >= 0.6 is 0 Å². The van der Waals surface area contributed by atoms with Crippen molar-refractivity contribution in [1.82, 2.24) is 0 Å². The van der Waals surface area contributed by atoms with E-state index in [0.717, 1.165) is 24.2 Å². The minimum absolute atomic E-state index is 0.0252. The molecule has 0 aliphatic heterocycles. The number of benzene rings is 2. The van der Waals surface area contributed by atoms with E-state index >= 15 is 0 Å². The van der Waals surface area contributed by atoms with E-state index in [9.17, 15) is 4.79 Å². The molecule has 0 amide bonds. The van der Waals surface area contributed by atoms with Crippen LogP contribution in [0.4, 0.5) is 0 Å². The Kier molecular flexibility index (Phi) is 7.54. The Morgan fingerprint density at radius 2 is 1.58 bits per heavy atom. The quantitative estimate of drug-likeness (QED) is 0.406. The normalized spacial score (nSPS) is 10.6. The monoisotopic (exact) mass is 324 g/mol. The molecule has 0 aliphatic carbocycles. The third-order valence-electron chi connectivity index (χ3n) is 4.38. The van der Waals surface area contributed by atoms with Crippen LogP contribution in [0.2, 0.25) is 0 Å². The van der Waals surface area contributed by atoms with Gasteiger partial charge in [0.25, 0.3) is 0 Å². The van der Waals surface area contributed by atoms with Crippen molar-refractivity contribution >= 4 is 5.78 Å². The number of carbonyl (C=O) groups is 1. The van der Waals surface area contributed by atoms with Crippen LogP contribution in [-0.4, -0.2) is 12.9 Å². The minimum Gasteiger partial charge on any atom is -0.496 e. The fraction of sp³-hybridized carbons (Fsp3) is 0.409. The van der Waals surface area contributed by atoms with Crippen molar-refractivity contribution in [2.75, 3.05) is 7.11 Å². The first-order valence-electron chi connectivity index (χ1n) is 9.03. The third-order valence-corrected chi connectivity index (χ3v) is 4.38. The Hall–Kier alpha value is -2.09. The predicted molar refractivity (Wildman–Crippen MR) is 99.9 cm³/mol. The summed E-state index contributed by atoms with van der Waals surface area (Å²) in [5, 5.41) is 0. The second-order valence-corrected chi connectivity index (χ2v) is 6.21. The highest BCUT2D eigenvalue weighted by atomic mass is 16.5. The van der Waals surface area contributed by atoms with Gasteiger partial charge in [-0.05, 0) is 24.5 Å². The molecular weight excluding hydrogens is 296 g/mol. The number of rotatable bonds is 10. The lowest BCUT2D eigenvalue weighted by atomic mass is 9.97. The van der Waals surface area contributed by atoms with E-state index in [-0.39, 0.29) is 5.78 Å². The highest BCUT2D eigenvalue weighted by Gasteiger charge is 2.16. The molecule has 128 valence electrons. The van der Waals surface area contributed by atoms with E-state index in [0.29, 0.717) is 11.1 Å². The molecule has 2 aromatic rings. The number of aryl methyl sites for hydroxylation is 1. The number of hydrogen-bond donors (Lipinski definition) is 0. The number of para-hydroxylation sites is 1. The van der Waals surface area contributed by atoms with Crippen molar-refractivity contribution in [2.45, 2.75) is 51.9 Å². The summed E-state index contributed by atoms with van der Waals surface area (Å²) in [5.41, 5.74) is 2.49. The molecule has 2 nitrogen and oxygen atoms in total. The zero-order chi connectivity index (χ0) is 17.2. The summed E-state index contributed by atoms with van der Waals surface area (Å²) in [6.45, 7) is 2.24. The SMILES string of the molecule is CCCCCCCCc1cccc(C(=O)c2ccccc2)c1OC. The number of hydrogen-bond acceptors (Lipinski definition) is 2. The molecule has 0 saturated heterocycles. The summed E-state index contributed by atoms with van der Waals surface area (Å²) < 4.78 is 5.59. The molecule has 0 saturated carbocycles. The number of unbranched alkanes of at least 4 members (excludes halogenated alkanes) is 5. The van der Waals surface area contributed by atoms with Crippen molar-refractivity contribution in [3.05, 3.63) is 65.2 Å². The molecule has 0 atom stereocenters. The fourth-order valence-corrected chi connectivity index (χ4v) is 3.04. The van der Waals surface area contributed by atoms with Gasteiger partial charge in [0, 0.05) is 5.56 Å². The van der Waals surface area contributed by atoms with Gasteiger partial charge in [0.15, 0.2) is 5.78 Å². The van der Waals surface area contributed by atoms with E-state index in [1.807, 2.05) is 42.5 Å². The van der Waals surface area contributed by atoms with Crippen molar-refractivity contribution in [2.24, 2.45) is 0 Å². The number of ether oxygens (including phenoxy) is 1. The van der Waals surface area contributed by atoms with Gasteiger partial charge in [0.05, 0.1) is 12.7 Å². The highest BCUT2D eigenvalue weighted by molar-refractivity contribution is 6.10. The van der Waals surface area contributed by atoms with Gasteiger partial charge in [0.2, 0.25) is 0 Å². The zero-order valence-corrected chi connectivity index (χ0v) is 14.9. The minimum atomic E-state index is 0.0252. The van der Waals surface area contributed by atoms with Gasteiger partial charge < -0.3 is 4.74 Å². The van der Waals surface area contributed by atoms with Gasteiger partial charge in [-0.1, -0.05) is 81.5 Å². The summed E-state index contributed by atoms with van der Waals surface area (Å²) in [6.07, 6.45) is 8.55. The van der Waals surface area contributed by atoms with Gasteiger partial charge in [-0.15, -0.1) is 0 Å². The molecule has 0 spiro atoms. The Labute approximate surface area is 145 Å². The van der Waals surface area contributed by atoms with Gasteiger partial charge in [-0.2, -0.15) is 0 Å². The lowest BCUT2D eigenvalue weighted by molar-refractivity contribution is 0.103. The molecule has 0 aliphatic rings. The topological polar surface area (TPSA) is 26.3 Å². The smallest absolute Gasteiger partial charge is 0.196 e. The van der Waals surface area contributed by atoms with Gasteiger partial charge in [-0.3, -0.25) is 4.79 Å². The van der Waals surface area contributed by atoms with Crippen LogP contribution in [0.25, 0.3) is 0 Å². The number of methoxy groups -OCH3 is 1. The second-order valence-electron chi connectivity index (χ2n) is 6.21. The summed E-state index contributed by atoms with van der Waals surface area (Å²) >= 11 is 0. The summed E-state index contributed by atoms with van der Waals surface area (Å²) in [7, 11) is 1.65. The molecule has 2 heteroatoms. The van der Waals surface area contributed by atoms with Crippen LogP contribution in [0.5, 0.6) is 5.75 Å². The van der Waals surface area contributed by atoms with Crippen LogP contribution in [0, 0.1) is 0 Å². The molecule has 2 rings (SSSR count). The van der Waals surface area contributed by atoms with Crippen molar-refractivity contribution in [3.63, 3.8) is 0 Å². The summed E-state index contributed by atoms with van der Waals surface area (Å²) in [6, 6.07) is 15.3. The standard InChI is InChI=1S/C22H28O2/c1-3-4-5-6-7-9-15-19-16-12-17-20(22(19)24-2)21(23)18-13-10-8-11-14-18/h8,10-14,16-17H,3-7,9,15H2,1-2H3. The molecule has 24 heavy (non-hydrogen) atoms. The average molecular weight is 324 g/mol. The van der Waals surface area contributed by atoms with E-state index in [1.54, 1.807) is 7.11 Å². The Balaban J connectivity index is 2.07. The highest BCUT2D eigenvalue weighted by Crippen LogP contribution is 2.28. The summed E-state index contributed by atoms with van der Waals surface area (Å²) in [5.74, 6) is 0.761. The molecule has 0 N–H and O–H groups in total. The molecule has 0 aromatic heterocycles. The molecule has 0 heterocycles. The van der Waals surface area contributed by atoms with Crippen molar-refractivity contribution in [1.29, 1.82) is 0 Å². The summed E-state index contributed by atoms with van der Waals surface area (Å²) in [4.78, 5) is 12.7. The number of ketones is 1. The first kappa shape index (κ1) is 18.3. The lowest BCUT2D eigenvalue weighted by Crippen LogP contribution is -2.06. The Morgan fingerprint density at radius 1 is 0.875 bits per heavy atom. The van der Waals surface area contributed by atoms with Crippen LogP contribution < -0.4 is 4.74 Å². The van der Waals surface area contributed by atoms with E-state index in [2.05, 4.69) is 13.0 Å². The molecule has 0 bridgehead atoms. The van der Waals surface area contributed by atoms with E-state index in [4.69, 9.17) is 4.74 Å². The molecule has 0 unspecified atom stereocenters. The zero-order valence-electron chi connectivity index (χ0n) is 14.9. The Bertz CT molecular complexity index is 632.